The van der Waals surface area contributed by atoms with Crippen LogP contribution in [0.25, 0.3) is 0 Å². The van der Waals surface area contributed by atoms with Gasteiger partial charge in [-0.3, -0.25) is 24.1 Å². The van der Waals surface area contributed by atoms with E-state index in [1.54, 1.807) is 20.8 Å². The molecule has 2 amide bonds. The van der Waals surface area contributed by atoms with Crippen molar-refractivity contribution in [1.82, 2.24) is 4.90 Å². The first-order valence-corrected chi connectivity index (χ1v) is 8.50. The van der Waals surface area contributed by atoms with Gasteiger partial charge in [-0.05, 0) is 6.42 Å². The SMILES string of the molecule is CCC(=O)CSCC(=O)CCCN1C(=O)[C@@H](C)[C@@H](C)C1=O. The highest BCUT2D eigenvalue weighted by Crippen LogP contribution is 2.25. The Hall–Kier alpha value is -1.17. The number of thioether (sulfide) groups is 1. The second kappa shape index (κ2) is 8.32. The molecular weight excluding hydrogens is 290 g/mol. The predicted octanol–water partition coefficient (Wildman–Crippen LogP) is 1.69. The molecule has 0 N–H and O–H groups in total. The first-order chi connectivity index (χ1) is 9.88. The van der Waals surface area contributed by atoms with Crippen molar-refractivity contribution in [3.63, 3.8) is 0 Å². The predicted molar refractivity (Wildman–Crippen MR) is 81.9 cm³/mol. The lowest BCUT2D eigenvalue weighted by molar-refractivity contribution is -0.140. The van der Waals surface area contributed by atoms with E-state index in [1.807, 2.05) is 0 Å². The maximum atomic E-state index is 11.9. The quantitative estimate of drug-likeness (QED) is 0.606. The highest BCUT2D eigenvalue weighted by atomic mass is 32.2. The first-order valence-electron chi connectivity index (χ1n) is 7.34. The molecule has 0 saturated carbocycles. The van der Waals surface area contributed by atoms with Gasteiger partial charge in [0.25, 0.3) is 0 Å². The summed E-state index contributed by atoms with van der Waals surface area (Å²) >= 11 is 1.33. The number of nitrogens with zero attached hydrogens (tertiary/aromatic N) is 1. The number of carbonyl (C=O) groups is 4. The number of hydrogen-bond acceptors (Lipinski definition) is 5. The van der Waals surface area contributed by atoms with Gasteiger partial charge in [-0.1, -0.05) is 20.8 Å². The molecule has 1 aliphatic heterocycles. The van der Waals surface area contributed by atoms with Crippen LogP contribution < -0.4 is 0 Å². The number of likely N-dealkylation sites (tertiary alicyclic amines) is 1. The minimum atomic E-state index is -0.260. The summed E-state index contributed by atoms with van der Waals surface area (Å²) in [5.41, 5.74) is 0. The van der Waals surface area contributed by atoms with Gasteiger partial charge in [0.1, 0.15) is 11.6 Å². The fraction of sp³-hybridized carbons (Fsp3) is 0.733. The molecule has 1 aliphatic rings. The number of Topliss-reactive ketones (excluding diaryl/α,β-unsaturated/α-hetero) is 2. The van der Waals surface area contributed by atoms with Crippen LogP contribution in [0, 0.1) is 11.8 Å². The number of rotatable bonds is 9. The van der Waals surface area contributed by atoms with E-state index in [2.05, 4.69) is 0 Å². The number of carbonyl (C=O) groups excluding carboxylic acids is 4. The summed E-state index contributed by atoms with van der Waals surface area (Å²) in [5, 5.41) is 0. The van der Waals surface area contributed by atoms with Crippen molar-refractivity contribution >= 4 is 35.1 Å². The standard InChI is InChI=1S/C15H23NO4S/c1-4-12(17)8-21-9-13(18)6-5-7-16-14(19)10(2)11(3)15(16)20/h10-11H,4-9H2,1-3H3/t10-,11+. The molecule has 2 atom stereocenters. The number of amides is 2. The van der Waals surface area contributed by atoms with Crippen LogP contribution in [-0.4, -0.2) is 46.3 Å². The lowest BCUT2D eigenvalue weighted by Crippen LogP contribution is -2.32. The Labute approximate surface area is 129 Å². The second-order valence-corrected chi connectivity index (χ2v) is 6.42. The fourth-order valence-corrected chi connectivity index (χ4v) is 3.04. The van der Waals surface area contributed by atoms with Gasteiger partial charge in [0.05, 0.1) is 11.5 Å². The Morgan fingerprint density at radius 2 is 1.57 bits per heavy atom. The first kappa shape index (κ1) is 17.9. The van der Waals surface area contributed by atoms with E-state index in [0.717, 1.165) is 0 Å². The van der Waals surface area contributed by atoms with Gasteiger partial charge >= 0.3 is 0 Å². The maximum absolute atomic E-state index is 11.9. The molecule has 0 bridgehead atoms. The Morgan fingerprint density at radius 3 is 2.10 bits per heavy atom. The van der Waals surface area contributed by atoms with E-state index in [-0.39, 0.29) is 35.2 Å². The van der Waals surface area contributed by atoms with Gasteiger partial charge in [-0.2, -0.15) is 0 Å². The summed E-state index contributed by atoms with van der Waals surface area (Å²) in [4.78, 5) is 47.8. The molecule has 0 aromatic rings. The van der Waals surface area contributed by atoms with Crippen molar-refractivity contribution in [2.75, 3.05) is 18.1 Å². The zero-order valence-electron chi connectivity index (χ0n) is 12.9. The summed E-state index contributed by atoms with van der Waals surface area (Å²) in [6.07, 6.45) is 1.34. The number of imide groups is 1. The number of hydrogen-bond donors (Lipinski definition) is 0. The summed E-state index contributed by atoms with van der Waals surface area (Å²) in [5.74, 6) is 0.104. The molecule has 0 aromatic carbocycles. The highest BCUT2D eigenvalue weighted by Gasteiger charge is 2.41. The molecule has 1 rings (SSSR count). The Morgan fingerprint density at radius 1 is 1.05 bits per heavy atom. The molecule has 1 fully saturated rings. The molecule has 0 unspecified atom stereocenters. The molecule has 21 heavy (non-hydrogen) atoms. The van der Waals surface area contributed by atoms with Gasteiger partial charge in [-0.15, -0.1) is 11.8 Å². The summed E-state index contributed by atoms with van der Waals surface area (Å²) in [6, 6.07) is 0. The minimum absolute atomic E-state index is 0.0593. The van der Waals surface area contributed by atoms with Crippen LogP contribution in [0.3, 0.4) is 0 Å². The van der Waals surface area contributed by atoms with E-state index in [0.29, 0.717) is 37.3 Å². The third-order valence-electron chi connectivity index (χ3n) is 3.82. The van der Waals surface area contributed by atoms with Crippen molar-refractivity contribution < 1.29 is 19.2 Å². The lowest BCUT2D eigenvalue weighted by atomic mass is 10.00. The van der Waals surface area contributed by atoms with Gasteiger partial charge in [0.2, 0.25) is 11.8 Å². The molecule has 6 heteroatoms. The Balaban J connectivity index is 2.24. The smallest absolute Gasteiger partial charge is 0.232 e. The molecule has 0 radical (unpaired) electrons. The Bertz CT molecular complexity index is 415. The van der Waals surface area contributed by atoms with Crippen LogP contribution in [0.15, 0.2) is 0 Å². The molecule has 1 saturated heterocycles. The molecule has 0 spiro atoms. The van der Waals surface area contributed by atoms with E-state index >= 15 is 0 Å². The van der Waals surface area contributed by atoms with E-state index < -0.39 is 0 Å². The normalized spacial score (nSPS) is 22.0. The third kappa shape index (κ3) is 4.95. The summed E-state index contributed by atoms with van der Waals surface area (Å²) in [7, 11) is 0. The maximum Gasteiger partial charge on any atom is 0.232 e. The lowest BCUT2D eigenvalue weighted by Gasteiger charge is -2.13. The van der Waals surface area contributed by atoms with Crippen LogP contribution in [0.4, 0.5) is 0 Å². The van der Waals surface area contributed by atoms with Crippen molar-refractivity contribution in [3.05, 3.63) is 0 Å². The average molecular weight is 313 g/mol. The monoisotopic (exact) mass is 313 g/mol. The molecule has 0 aromatic heterocycles. The third-order valence-corrected chi connectivity index (χ3v) is 4.87. The zero-order chi connectivity index (χ0) is 16.0. The average Bonchev–Trinajstić information content (AvgIpc) is 2.64. The summed E-state index contributed by atoms with van der Waals surface area (Å²) < 4.78 is 0. The molecule has 1 heterocycles. The highest BCUT2D eigenvalue weighted by molar-refractivity contribution is 8.00. The van der Waals surface area contributed by atoms with Crippen LogP contribution in [0.2, 0.25) is 0 Å². The van der Waals surface area contributed by atoms with E-state index in [9.17, 15) is 19.2 Å². The number of ketones is 2. The van der Waals surface area contributed by atoms with Crippen molar-refractivity contribution in [2.24, 2.45) is 11.8 Å². The molecule has 118 valence electrons. The van der Waals surface area contributed by atoms with Gasteiger partial charge in [0.15, 0.2) is 0 Å². The summed E-state index contributed by atoms with van der Waals surface area (Å²) in [6.45, 7) is 5.64. The second-order valence-electron chi connectivity index (χ2n) is 5.43. The van der Waals surface area contributed by atoms with Crippen LogP contribution in [0.5, 0.6) is 0 Å². The minimum Gasteiger partial charge on any atom is -0.299 e. The largest absolute Gasteiger partial charge is 0.299 e. The zero-order valence-corrected chi connectivity index (χ0v) is 13.7. The van der Waals surface area contributed by atoms with E-state index in [4.69, 9.17) is 0 Å². The Kier molecular flexibility index (Phi) is 7.08. The van der Waals surface area contributed by atoms with Crippen molar-refractivity contribution in [1.29, 1.82) is 0 Å². The van der Waals surface area contributed by atoms with E-state index in [1.165, 1.54) is 16.7 Å². The topological polar surface area (TPSA) is 71.5 Å². The van der Waals surface area contributed by atoms with Crippen molar-refractivity contribution in [2.45, 2.75) is 40.0 Å². The van der Waals surface area contributed by atoms with Gasteiger partial charge < -0.3 is 0 Å². The van der Waals surface area contributed by atoms with Gasteiger partial charge in [0, 0.05) is 31.2 Å². The van der Waals surface area contributed by atoms with Crippen LogP contribution >= 0.6 is 11.8 Å². The fourth-order valence-electron chi connectivity index (χ4n) is 2.14. The van der Waals surface area contributed by atoms with Crippen LogP contribution in [-0.2, 0) is 19.2 Å². The van der Waals surface area contributed by atoms with Crippen LogP contribution in [0.1, 0.15) is 40.0 Å². The molecular formula is C15H23NO4S. The molecule has 0 aliphatic carbocycles. The van der Waals surface area contributed by atoms with Gasteiger partial charge in [-0.25, -0.2) is 0 Å². The van der Waals surface area contributed by atoms with Crippen molar-refractivity contribution in [3.8, 4) is 0 Å². The molecule has 5 nitrogen and oxygen atoms in total.